The first kappa shape index (κ1) is 12.4. The molecule has 0 aromatic carbocycles. The van der Waals surface area contributed by atoms with E-state index in [9.17, 15) is 4.79 Å². The minimum atomic E-state index is -0.109. The maximum atomic E-state index is 10.8. The lowest BCUT2D eigenvalue weighted by Gasteiger charge is -2.12. The monoisotopic (exact) mass is 187 g/mol. The van der Waals surface area contributed by atoms with Gasteiger partial charge in [0, 0.05) is 6.42 Å². The highest BCUT2D eigenvalue weighted by Crippen LogP contribution is 2.15. The third-order valence-corrected chi connectivity index (χ3v) is 2.37. The summed E-state index contributed by atoms with van der Waals surface area (Å²) in [6.45, 7) is 2.91. The van der Waals surface area contributed by atoms with Crippen molar-refractivity contribution in [2.24, 2.45) is 11.7 Å². The predicted octanol–water partition coefficient (Wildman–Crippen LogP) is 1.70. The van der Waals surface area contributed by atoms with Crippen molar-refractivity contribution in [1.29, 1.82) is 0 Å². The van der Waals surface area contributed by atoms with E-state index in [0.29, 0.717) is 12.3 Å². The van der Waals surface area contributed by atoms with Crippen molar-refractivity contribution in [2.45, 2.75) is 39.0 Å². The van der Waals surface area contributed by atoms with Crippen molar-refractivity contribution in [3.63, 3.8) is 0 Å². The highest BCUT2D eigenvalue weighted by Gasteiger charge is 2.06. The van der Waals surface area contributed by atoms with Gasteiger partial charge in [0.2, 0.25) is 0 Å². The molecule has 0 saturated carbocycles. The number of ether oxygens (including phenoxy) is 1. The van der Waals surface area contributed by atoms with Crippen LogP contribution in [-0.4, -0.2) is 19.6 Å². The summed E-state index contributed by atoms with van der Waals surface area (Å²) in [7, 11) is 1.43. The van der Waals surface area contributed by atoms with E-state index >= 15 is 0 Å². The van der Waals surface area contributed by atoms with Crippen LogP contribution >= 0.6 is 0 Å². The van der Waals surface area contributed by atoms with Gasteiger partial charge >= 0.3 is 5.97 Å². The molecule has 0 aliphatic carbocycles. The lowest BCUT2D eigenvalue weighted by atomic mass is 9.96. The average molecular weight is 187 g/mol. The van der Waals surface area contributed by atoms with Gasteiger partial charge in [-0.3, -0.25) is 4.79 Å². The van der Waals surface area contributed by atoms with Gasteiger partial charge in [-0.25, -0.2) is 0 Å². The number of esters is 1. The first-order valence-corrected chi connectivity index (χ1v) is 5.01. The fourth-order valence-electron chi connectivity index (χ4n) is 1.43. The number of hydrogen-bond acceptors (Lipinski definition) is 3. The summed E-state index contributed by atoms with van der Waals surface area (Å²) < 4.78 is 4.56. The zero-order valence-electron chi connectivity index (χ0n) is 8.71. The Morgan fingerprint density at radius 1 is 1.46 bits per heavy atom. The molecule has 0 radical (unpaired) electrons. The predicted molar refractivity (Wildman–Crippen MR) is 53.3 cm³/mol. The van der Waals surface area contributed by atoms with Gasteiger partial charge in [-0.1, -0.05) is 13.3 Å². The third-order valence-electron chi connectivity index (χ3n) is 2.37. The van der Waals surface area contributed by atoms with E-state index in [0.717, 1.165) is 32.2 Å². The van der Waals surface area contributed by atoms with Gasteiger partial charge < -0.3 is 10.5 Å². The van der Waals surface area contributed by atoms with Crippen LogP contribution in [0.4, 0.5) is 0 Å². The molecule has 13 heavy (non-hydrogen) atoms. The van der Waals surface area contributed by atoms with E-state index < -0.39 is 0 Å². The van der Waals surface area contributed by atoms with Crippen LogP contribution in [0.15, 0.2) is 0 Å². The zero-order chi connectivity index (χ0) is 10.1. The molecule has 0 spiro atoms. The maximum Gasteiger partial charge on any atom is 0.305 e. The Morgan fingerprint density at radius 2 is 2.15 bits per heavy atom. The molecule has 0 aliphatic heterocycles. The molecule has 1 unspecified atom stereocenters. The fourth-order valence-corrected chi connectivity index (χ4v) is 1.43. The zero-order valence-corrected chi connectivity index (χ0v) is 8.71. The van der Waals surface area contributed by atoms with E-state index in [1.54, 1.807) is 0 Å². The highest BCUT2D eigenvalue weighted by atomic mass is 16.5. The minimum Gasteiger partial charge on any atom is -0.469 e. The summed E-state index contributed by atoms with van der Waals surface area (Å²) >= 11 is 0. The van der Waals surface area contributed by atoms with Crippen molar-refractivity contribution < 1.29 is 9.53 Å². The lowest BCUT2D eigenvalue weighted by molar-refractivity contribution is -0.140. The molecule has 1 atom stereocenters. The quantitative estimate of drug-likeness (QED) is 0.617. The van der Waals surface area contributed by atoms with Crippen LogP contribution in [-0.2, 0) is 9.53 Å². The van der Waals surface area contributed by atoms with E-state index in [4.69, 9.17) is 5.73 Å². The normalized spacial score (nSPS) is 12.5. The topological polar surface area (TPSA) is 52.3 Å². The van der Waals surface area contributed by atoms with Gasteiger partial charge in [0.15, 0.2) is 0 Å². The second-order valence-electron chi connectivity index (χ2n) is 3.32. The molecular weight excluding hydrogens is 166 g/mol. The van der Waals surface area contributed by atoms with Crippen LogP contribution in [0.3, 0.4) is 0 Å². The van der Waals surface area contributed by atoms with Crippen molar-refractivity contribution in [3.05, 3.63) is 0 Å². The van der Waals surface area contributed by atoms with E-state index in [1.807, 2.05) is 0 Å². The van der Waals surface area contributed by atoms with Crippen molar-refractivity contribution in [2.75, 3.05) is 13.7 Å². The number of carbonyl (C=O) groups is 1. The number of hydrogen-bond donors (Lipinski definition) is 1. The Labute approximate surface area is 80.6 Å². The largest absolute Gasteiger partial charge is 0.469 e. The minimum absolute atomic E-state index is 0.109. The molecule has 0 bridgehead atoms. The van der Waals surface area contributed by atoms with Crippen LogP contribution in [0, 0.1) is 5.92 Å². The Kier molecular flexibility index (Phi) is 7.69. The van der Waals surface area contributed by atoms with Gasteiger partial charge in [-0.15, -0.1) is 0 Å². The lowest BCUT2D eigenvalue weighted by Crippen LogP contribution is -2.09. The van der Waals surface area contributed by atoms with Crippen LogP contribution < -0.4 is 5.73 Å². The van der Waals surface area contributed by atoms with Crippen molar-refractivity contribution in [1.82, 2.24) is 0 Å². The van der Waals surface area contributed by atoms with E-state index in [-0.39, 0.29) is 5.97 Å². The molecule has 0 rings (SSSR count). The fraction of sp³-hybridized carbons (Fsp3) is 0.900. The van der Waals surface area contributed by atoms with E-state index in [1.165, 1.54) is 7.11 Å². The summed E-state index contributed by atoms with van der Waals surface area (Å²) in [4.78, 5) is 10.8. The van der Waals surface area contributed by atoms with Crippen molar-refractivity contribution in [3.8, 4) is 0 Å². The molecule has 0 aliphatic rings. The molecule has 3 nitrogen and oxygen atoms in total. The first-order chi connectivity index (χ1) is 6.24. The van der Waals surface area contributed by atoms with Gasteiger partial charge in [-0.05, 0) is 31.7 Å². The standard InChI is InChI=1S/C10H21NO2/c1-3-9(7-8-11)5-4-6-10(12)13-2/h9H,3-8,11H2,1-2H3. The maximum absolute atomic E-state index is 10.8. The molecule has 0 heterocycles. The molecule has 0 saturated heterocycles. The average Bonchev–Trinajstić information content (AvgIpc) is 2.16. The molecule has 3 heteroatoms. The Morgan fingerprint density at radius 3 is 2.62 bits per heavy atom. The van der Waals surface area contributed by atoms with Gasteiger partial charge in [0.1, 0.15) is 0 Å². The molecular formula is C10H21NO2. The molecule has 2 N–H and O–H groups in total. The number of nitrogens with two attached hydrogens (primary N) is 1. The number of carbonyl (C=O) groups excluding carboxylic acids is 1. The molecule has 78 valence electrons. The Balaban J connectivity index is 3.42. The Bertz CT molecular complexity index is 137. The summed E-state index contributed by atoms with van der Waals surface area (Å²) in [6.07, 6.45) is 4.77. The van der Waals surface area contributed by atoms with Gasteiger partial charge in [0.25, 0.3) is 0 Å². The van der Waals surface area contributed by atoms with Crippen LogP contribution in [0.1, 0.15) is 39.0 Å². The third kappa shape index (κ3) is 6.58. The summed E-state index contributed by atoms with van der Waals surface area (Å²) in [6, 6.07) is 0. The number of rotatable bonds is 7. The second kappa shape index (κ2) is 8.05. The van der Waals surface area contributed by atoms with Crippen molar-refractivity contribution >= 4 is 5.97 Å². The van der Waals surface area contributed by atoms with Crippen LogP contribution in [0.5, 0.6) is 0 Å². The summed E-state index contributed by atoms with van der Waals surface area (Å²) in [5.74, 6) is 0.567. The smallest absolute Gasteiger partial charge is 0.305 e. The van der Waals surface area contributed by atoms with Crippen LogP contribution in [0.25, 0.3) is 0 Å². The number of methoxy groups -OCH3 is 1. The summed E-state index contributed by atoms with van der Waals surface area (Å²) in [5, 5.41) is 0. The van der Waals surface area contributed by atoms with Gasteiger partial charge in [-0.2, -0.15) is 0 Å². The molecule has 0 aromatic heterocycles. The molecule has 0 amide bonds. The van der Waals surface area contributed by atoms with E-state index in [2.05, 4.69) is 11.7 Å². The SMILES string of the molecule is CCC(CCN)CCCC(=O)OC. The first-order valence-electron chi connectivity index (χ1n) is 5.01. The Hall–Kier alpha value is -0.570. The van der Waals surface area contributed by atoms with Gasteiger partial charge in [0.05, 0.1) is 7.11 Å². The molecule has 0 aromatic rings. The molecule has 0 fully saturated rings. The highest BCUT2D eigenvalue weighted by molar-refractivity contribution is 5.68. The summed E-state index contributed by atoms with van der Waals surface area (Å²) in [5.41, 5.74) is 5.47. The second-order valence-corrected chi connectivity index (χ2v) is 3.32. The van der Waals surface area contributed by atoms with Crippen LogP contribution in [0.2, 0.25) is 0 Å².